The second-order valence-corrected chi connectivity index (χ2v) is 23.9. The molecule has 4 unspecified atom stereocenters. The molecule has 5 N–H and O–H groups in total. The summed E-state index contributed by atoms with van der Waals surface area (Å²) in [6, 6.07) is 22.5. The quantitative estimate of drug-likeness (QED) is 0.0657. The Balaban J connectivity index is 0.567. The lowest BCUT2D eigenvalue weighted by atomic mass is 9.91. The molecule has 0 radical (unpaired) electrons. The van der Waals surface area contributed by atoms with E-state index in [-0.39, 0.29) is 60.8 Å². The van der Waals surface area contributed by atoms with E-state index >= 15 is 0 Å². The minimum absolute atomic E-state index is 0.0578. The van der Waals surface area contributed by atoms with Crippen LogP contribution >= 0.6 is 11.3 Å². The summed E-state index contributed by atoms with van der Waals surface area (Å²) in [6.07, 6.45) is 7.68. The van der Waals surface area contributed by atoms with Crippen molar-refractivity contribution in [3.8, 4) is 39.2 Å². The number of thiazole rings is 1. The summed E-state index contributed by atoms with van der Waals surface area (Å²) in [7, 11) is 0. The van der Waals surface area contributed by atoms with Crippen LogP contribution in [0.15, 0.2) is 89.0 Å². The van der Waals surface area contributed by atoms with Gasteiger partial charge in [0.15, 0.2) is 11.6 Å². The molecular weight excluding hydrogens is 1020 g/mol. The fourth-order valence-corrected chi connectivity index (χ4v) is 14.1. The van der Waals surface area contributed by atoms with Crippen molar-refractivity contribution in [2.45, 2.75) is 127 Å². The standard InChI is InChI=1S/C59H71N11O8S/c1-33(2)55(59(74)69-31-43(71)22-50(69)58(73)63-34(3)36-9-11-37(12-10-36)56-35(4)62-32-79-56)52-26-54(66-78-52)75-18-17-67-27-38-19-44(20-39(38)28-67)76-45-23-46(24-45)77-53-21-40(15-16-61-53)70-41-13-14-42(70)30-68(29-41)49-25-48(64-65-57(49)60)47-7-5-6-8-51(47)72/h5-12,15-16,21,25-26,32-34,38-39,41-46,50,55,71-72H,13-14,17-20,22-24,27-31H2,1-4H3,(H2,60,65)(H,63,73)/t34-,38+,39?,41?,42?,43+,44?,45-,46-,50-,55+/m0/s1. The van der Waals surface area contributed by atoms with Gasteiger partial charge in [0.1, 0.15) is 30.4 Å². The maximum Gasteiger partial charge on any atom is 0.254 e. The number of nitrogens with zero attached hydrogens (tertiary/aromatic N) is 9. The van der Waals surface area contributed by atoms with Crippen LogP contribution < -0.4 is 30.3 Å². The number of aliphatic hydroxyl groups is 1. The number of aliphatic hydroxyl groups excluding tert-OH is 1. The number of rotatable bonds is 18. The summed E-state index contributed by atoms with van der Waals surface area (Å²) >= 11 is 1.59. The van der Waals surface area contributed by atoms with Gasteiger partial charge in [-0.25, -0.2) is 9.97 Å². The highest BCUT2D eigenvalue weighted by Gasteiger charge is 2.46. The Morgan fingerprint density at radius 3 is 2.33 bits per heavy atom. The summed E-state index contributed by atoms with van der Waals surface area (Å²) in [5.74, 6) is 1.58. The van der Waals surface area contributed by atoms with Gasteiger partial charge in [0, 0.05) is 100 Å². The molecule has 8 heterocycles. The number of phenols is 1. The summed E-state index contributed by atoms with van der Waals surface area (Å²) in [5, 5.41) is 37.1. The molecule has 2 saturated carbocycles. The van der Waals surface area contributed by atoms with E-state index in [2.05, 4.69) is 57.5 Å². The first-order valence-electron chi connectivity index (χ1n) is 28.1. The van der Waals surface area contributed by atoms with E-state index in [1.807, 2.05) is 81.9 Å². The average molecular weight is 1090 g/mol. The maximum absolute atomic E-state index is 14.3. The number of nitrogens with one attached hydrogen (secondary N) is 1. The van der Waals surface area contributed by atoms with Crippen molar-refractivity contribution in [1.82, 2.24) is 40.4 Å². The van der Waals surface area contributed by atoms with Crippen LogP contribution in [0, 0.1) is 24.7 Å². The highest BCUT2D eigenvalue weighted by atomic mass is 32.1. The van der Waals surface area contributed by atoms with Crippen molar-refractivity contribution >= 4 is 40.3 Å². The number of phenolic OH excluding ortho intramolecular Hbond substituents is 1. The topological polar surface area (TPSA) is 231 Å². The van der Waals surface area contributed by atoms with Gasteiger partial charge in [-0.3, -0.25) is 14.5 Å². The third-order valence-electron chi connectivity index (χ3n) is 17.4. The van der Waals surface area contributed by atoms with Gasteiger partial charge in [-0.2, -0.15) is 0 Å². The van der Waals surface area contributed by atoms with Crippen LogP contribution in [0.25, 0.3) is 21.7 Å². The molecule has 2 amide bonds. The van der Waals surface area contributed by atoms with E-state index in [1.54, 1.807) is 29.5 Å². The number of likely N-dealkylation sites (tertiary alicyclic amines) is 2. The number of aromatic hydroxyl groups is 1. The van der Waals surface area contributed by atoms with E-state index < -0.39 is 18.1 Å². The lowest BCUT2D eigenvalue weighted by Crippen LogP contribution is -2.54. The average Bonchev–Trinajstić information content (AvgIpc) is 4.32. The van der Waals surface area contributed by atoms with Crippen molar-refractivity contribution in [2.75, 3.05) is 61.4 Å². The molecule has 6 aromatic rings. The third-order valence-corrected chi connectivity index (χ3v) is 18.4. The Bertz CT molecular complexity index is 3100. The van der Waals surface area contributed by atoms with Crippen molar-refractivity contribution < 1.29 is 38.5 Å². The SMILES string of the molecule is Cc1ncsc1-c1ccc([C@H](C)NC(=O)[C@@H]2C[C@@H](O)CN2C(=O)[C@@H](c2cc(OCCN3CC4CC(O[C@H]5C[C@H](Oc6cc(N7C8CCC7CN(c7cc(-c9ccccc9O)nnc7N)C8)ccn6)C5)C[C@@H]4C3)no2)C(C)C)cc1. The first-order valence-corrected chi connectivity index (χ1v) is 29.0. The van der Waals surface area contributed by atoms with Crippen LogP contribution in [-0.2, 0) is 14.3 Å². The Morgan fingerprint density at radius 2 is 1.61 bits per heavy atom. The lowest BCUT2D eigenvalue weighted by Gasteiger charge is -2.43. The van der Waals surface area contributed by atoms with Crippen LogP contribution in [0.1, 0.15) is 94.7 Å². The number of carbonyl (C=O) groups excluding carboxylic acids is 2. The number of nitrogen functional groups attached to an aromatic ring is 1. The van der Waals surface area contributed by atoms with Gasteiger partial charge >= 0.3 is 0 Å². The molecule has 4 aromatic heterocycles. The van der Waals surface area contributed by atoms with Crippen LogP contribution in [0.4, 0.5) is 17.2 Å². The number of carbonyl (C=O) groups is 2. The van der Waals surface area contributed by atoms with Gasteiger partial charge in [-0.05, 0) is 97.8 Å². The first kappa shape index (κ1) is 52.8. The number of amides is 2. The summed E-state index contributed by atoms with van der Waals surface area (Å²) in [5.41, 5.74) is 14.4. The van der Waals surface area contributed by atoms with E-state index in [1.165, 1.54) is 4.90 Å². The molecule has 19 nitrogen and oxygen atoms in total. The fraction of sp³-hybridized carbons (Fsp3) is 0.508. The largest absolute Gasteiger partial charge is 0.507 e. The lowest BCUT2D eigenvalue weighted by molar-refractivity contribution is -0.141. The molecule has 2 bridgehead atoms. The molecule has 6 aliphatic rings. The Labute approximate surface area is 464 Å². The Hall–Kier alpha value is -6.87. The van der Waals surface area contributed by atoms with Gasteiger partial charge < -0.3 is 54.7 Å². The molecule has 0 spiro atoms. The molecule has 416 valence electrons. The monoisotopic (exact) mass is 1090 g/mol. The number of piperazine rings is 1. The predicted molar refractivity (Wildman–Crippen MR) is 299 cm³/mol. The number of benzene rings is 2. The molecule has 4 aliphatic heterocycles. The Kier molecular flexibility index (Phi) is 14.9. The van der Waals surface area contributed by atoms with Crippen LogP contribution in [0.3, 0.4) is 0 Å². The summed E-state index contributed by atoms with van der Waals surface area (Å²) in [4.78, 5) is 46.9. The summed E-state index contributed by atoms with van der Waals surface area (Å²) < 4.78 is 25.0. The molecule has 6 fully saturated rings. The number of hydrogen-bond donors (Lipinski definition) is 4. The number of fused-ring (bicyclic) bond motifs is 3. The van der Waals surface area contributed by atoms with E-state index in [0.29, 0.717) is 65.1 Å². The Morgan fingerprint density at radius 1 is 0.861 bits per heavy atom. The van der Waals surface area contributed by atoms with Crippen LogP contribution in [-0.4, -0.2) is 146 Å². The van der Waals surface area contributed by atoms with Gasteiger partial charge in [0.2, 0.25) is 17.7 Å². The molecule has 4 saturated heterocycles. The molecule has 9 atom stereocenters. The predicted octanol–water partition coefficient (Wildman–Crippen LogP) is 7.40. The second-order valence-electron chi connectivity index (χ2n) is 23.1. The van der Waals surface area contributed by atoms with E-state index in [9.17, 15) is 19.8 Å². The number of ether oxygens (including phenoxy) is 3. The highest BCUT2D eigenvalue weighted by molar-refractivity contribution is 7.13. The minimum atomic E-state index is -0.825. The van der Waals surface area contributed by atoms with Crippen molar-refractivity contribution in [3.05, 3.63) is 102 Å². The first-order chi connectivity index (χ1) is 38.3. The molecule has 20 heteroatoms. The molecule has 79 heavy (non-hydrogen) atoms. The minimum Gasteiger partial charge on any atom is -0.507 e. The van der Waals surface area contributed by atoms with Crippen molar-refractivity contribution in [2.24, 2.45) is 17.8 Å². The number of β-amino-alcohol motifs (C(OH)–C–C–N with tert-alkyl or cyclic N) is 1. The number of anilines is 3. The van der Waals surface area contributed by atoms with E-state index in [4.69, 9.17) is 24.5 Å². The van der Waals surface area contributed by atoms with Crippen LogP contribution in [0.5, 0.6) is 17.5 Å². The zero-order valence-corrected chi connectivity index (χ0v) is 46.1. The number of para-hydroxylation sites is 1. The zero-order valence-electron chi connectivity index (χ0n) is 45.3. The number of pyridine rings is 1. The van der Waals surface area contributed by atoms with Crippen molar-refractivity contribution in [3.63, 3.8) is 0 Å². The normalized spacial score (nSPS) is 26.3. The van der Waals surface area contributed by atoms with Gasteiger partial charge in [0.25, 0.3) is 5.88 Å². The number of aryl methyl sites for hydroxylation is 1. The highest BCUT2D eigenvalue weighted by Crippen LogP contribution is 2.43. The molecule has 12 rings (SSSR count). The number of hydrogen-bond acceptors (Lipinski definition) is 18. The van der Waals surface area contributed by atoms with Gasteiger partial charge in [-0.15, -0.1) is 21.5 Å². The fourth-order valence-electron chi connectivity index (χ4n) is 13.3. The summed E-state index contributed by atoms with van der Waals surface area (Å²) in [6.45, 7) is 12.6. The molecule has 2 aromatic carbocycles. The molecule has 2 aliphatic carbocycles. The van der Waals surface area contributed by atoms with Crippen LogP contribution in [0.2, 0.25) is 0 Å². The smallest absolute Gasteiger partial charge is 0.254 e. The number of nitrogens with two attached hydrogens (primary N) is 1. The zero-order chi connectivity index (χ0) is 54.5. The van der Waals surface area contributed by atoms with Gasteiger partial charge in [0.05, 0.1) is 51.8 Å². The maximum atomic E-state index is 14.3. The number of aromatic nitrogens is 5. The van der Waals surface area contributed by atoms with Crippen molar-refractivity contribution in [1.29, 1.82) is 0 Å². The van der Waals surface area contributed by atoms with Gasteiger partial charge in [-0.1, -0.05) is 50.2 Å². The second kappa shape index (κ2) is 22.3. The third kappa shape index (κ3) is 11.1. The van der Waals surface area contributed by atoms with E-state index in [0.717, 1.165) is 104 Å². The molecular formula is C59H71N11O8S.